The van der Waals surface area contributed by atoms with Gasteiger partial charge in [-0.2, -0.15) is 0 Å². The summed E-state index contributed by atoms with van der Waals surface area (Å²) >= 11 is 1.18. The van der Waals surface area contributed by atoms with Crippen LogP contribution in [0.1, 0.15) is 9.67 Å². The standard InChI is InChI=1S/C6H7O4PS/c7-5(4-11(8,9)10)6-2-1-3-12-6/h1-3H,4H2,(H2,8,9,10). The van der Waals surface area contributed by atoms with Gasteiger partial charge in [0, 0.05) is 0 Å². The predicted molar refractivity (Wildman–Crippen MR) is 45.6 cm³/mol. The van der Waals surface area contributed by atoms with Gasteiger partial charge in [-0.1, -0.05) is 6.07 Å². The van der Waals surface area contributed by atoms with Crippen molar-refractivity contribution < 1.29 is 19.1 Å². The molecule has 0 aliphatic heterocycles. The molecule has 0 aromatic carbocycles. The van der Waals surface area contributed by atoms with Crippen molar-refractivity contribution >= 4 is 24.7 Å². The lowest BCUT2D eigenvalue weighted by molar-refractivity contribution is 0.101. The van der Waals surface area contributed by atoms with Crippen LogP contribution in [-0.2, 0) is 4.57 Å². The molecule has 66 valence electrons. The molecule has 12 heavy (non-hydrogen) atoms. The normalized spacial score (nSPS) is 11.5. The molecule has 0 amide bonds. The Morgan fingerprint density at radius 3 is 2.67 bits per heavy atom. The van der Waals surface area contributed by atoms with Gasteiger partial charge in [0.15, 0.2) is 5.78 Å². The minimum atomic E-state index is -4.21. The fourth-order valence-corrected chi connectivity index (χ4v) is 2.02. The highest BCUT2D eigenvalue weighted by Gasteiger charge is 2.20. The molecule has 1 aromatic heterocycles. The number of hydrogen-bond donors (Lipinski definition) is 2. The minimum Gasteiger partial charge on any atom is -0.324 e. The van der Waals surface area contributed by atoms with Crippen molar-refractivity contribution in [2.75, 3.05) is 6.16 Å². The third-order valence-electron chi connectivity index (χ3n) is 1.15. The molecule has 0 radical (unpaired) electrons. The first-order valence-corrected chi connectivity index (χ1v) is 5.78. The second-order valence-electron chi connectivity index (χ2n) is 2.22. The van der Waals surface area contributed by atoms with Crippen LogP contribution >= 0.6 is 18.9 Å². The van der Waals surface area contributed by atoms with E-state index < -0.39 is 19.5 Å². The molecule has 0 fully saturated rings. The van der Waals surface area contributed by atoms with E-state index in [0.717, 1.165) is 0 Å². The Morgan fingerprint density at radius 2 is 2.25 bits per heavy atom. The highest BCUT2D eigenvalue weighted by molar-refractivity contribution is 7.53. The maximum Gasteiger partial charge on any atom is 0.333 e. The maximum absolute atomic E-state index is 11.0. The minimum absolute atomic E-state index is 0.387. The molecule has 1 aromatic rings. The van der Waals surface area contributed by atoms with Crippen LogP contribution in [0.4, 0.5) is 0 Å². The first kappa shape index (κ1) is 9.61. The van der Waals surface area contributed by atoms with E-state index in [-0.39, 0.29) is 0 Å². The van der Waals surface area contributed by atoms with E-state index >= 15 is 0 Å². The number of Topliss-reactive ketones (excluding diaryl/α,β-unsaturated/α-hetero) is 1. The van der Waals surface area contributed by atoms with Crippen LogP contribution in [0.3, 0.4) is 0 Å². The van der Waals surface area contributed by atoms with Gasteiger partial charge in [0.1, 0.15) is 6.16 Å². The molecule has 0 spiro atoms. The smallest absolute Gasteiger partial charge is 0.324 e. The van der Waals surface area contributed by atoms with Crippen molar-refractivity contribution in [2.45, 2.75) is 0 Å². The summed E-state index contributed by atoms with van der Waals surface area (Å²) in [6.07, 6.45) is -0.701. The second kappa shape index (κ2) is 3.49. The van der Waals surface area contributed by atoms with Gasteiger partial charge in [0.25, 0.3) is 0 Å². The van der Waals surface area contributed by atoms with Gasteiger partial charge in [0.05, 0.1) is 4.88 Å². The summed E-state index contributed by atoms with van der Waals surface area (Å²) in [5.41, 5.74) is 0. The maximum atomic E-state index is 11.0. The van der Waals surface area contributed by atoms with Crippen molar-refractivity contribution in [3.63, 3.8) is 0 Å². The average molecular weight is 206 g/mol. The van der Waals surface area contributed by atoms with Gasteiger partial charge in [-0.25, -0.2) is 0 Å². The largest absolute Gasteiger partial charge is 0.333 e. The molecule has 0 atom stereocenters. The Hall–Kier alpha value is -0.480. The number of ketones is 1. The van der Waals surface area contributed by atoms with Crippen molar-refractivity contribution in [3.05, 3.63) is 22.4 Å². The number of carbonyl (C=O) groups is 1. The lowest BCUT2D eigenvalue weighted by Crippen LogP contribution is -2.03. The van der Waals surface area contributed by atoms with E-state index in [0.29, 0.717) is 4.88 Å². The van der Waals surface area contributed by atoms with Crippen molar-refractivity contribution in [1.82, 2.24) is 0 Å². The Kier molecular flexibility index (Phi) is 2.80. The SMILES string of the molecule is O=C(CP(=O)(O)O)c1cccs1. The molecule has 0 bridgehead atoms. The van der Waals surface area contributed by atoms with Crippen LogP contribution in [0.15, 0.2) is 17.5 Å². The zero-order chi connectivity index (χ0) is 9.19. The van der Waals surface area contributed by atoms with E-state index in [1.54, 1.807) is 17.5 Å². The van der Waals surface area contributed by atoms with E-state index in [9.17, 15) is 9.36 Å². The van der Waals surface area contributed by atoms with Crippen molar-refractivity contribution in [1.29, 1.82) is 0 Å². The molecule has 0 unspecified atom stereocenters. The Bertz CT molecular complexity index is 312. The van der Waals surface area contributed by atoms with Gasteiger partial charge in [0.2, 0.25) is 0 Å². The van der Waals surface area contributed by atoms with Gasteiger partial charge in [-0.3, -0.25) is 9.36 Å². The van der Waals surface area contributed by atoms with Gasteiger partial charge in [-0.15, -0.1) is 11.3 Å². The van der Waals surface area contributed by atoms with Crippen molar-refractivity contribution in [2.24, 2.45) is 0 Å². The van der Waals surface area contributed by atoms with Crippen LogP contribution in [-0.4, -0.2) is 21.7 Å². The quantitative estimate of drug-likeness (QED) is 0.573. The van der Waals surface area contributed by atoms with E-state index in [2.05, 4.69) is 0 Å². The molecule has 6 heteroatoms. The van der Waals surface area contributed by atoms with Crippen LogP contribution in [0.5, 0.6) is 0 Å². The summed E-state index contributed by atoms with van der Waals surface area (Å²) in [7, 11) is -4.21. The topological polar surface area (TPSA) is 74.6 Å². The van der Waals surface area contributed by atoms with Gasteiger partial charge < -0.3 is 9.79 Å². The molecule has 1 rings (SSSR count). The van der Waals surface area contributed by atoms with Crippen LogP contribution in [0.25, 0.3) is 0 Å². The summed E-state index contributed by atoms with van der Waals surface area (Å²) in [5.74, 6) is -0.502. The molecule has 1 heterocycles. The Labute approximate surface area is 73.0 Å². The zero-order valence-corrected chi connectivity index (χ0v) is 7.72. The number of rotatable bonds is 3. The van der Waals surface area contributed by atoms with E-state index in [1.165, 1.54) is 11.3 Å². The molecule has 0 aliphatic carbocycles. The molecule has 0 aliphatic rings. The van der Waals surface area contributed by atoms with Gasteiger partial charge >= 0.3 is 7.60 Å². The van der Waals surface area contributed by atoms with Crippen LogP contribution < -0.4 is 0 Å². The second-order valence-corrected chi connectivity index (χ2v) is 4.82. The third kappa shape index (κ3) is 2.87. The lowest BCUT2D eigenvalue weighted by Gasteiger charge is -1.99. The highest BCUT2D eigenvalue weighted by atomic mass is 32.1. The summed E-state index contributed by atoms with van der Waals surface area (Å²) in [6, 6.07) is 3.21. The number of carbonyl (C=O) groups excluding carboxylic acids is 1. The summed E-state index contributed by atoms with van der Waals surface area (Å²) in [5, 5.41) is 1.69. The number of thiophene rings is 1. The monoisotopic (exact) mass is 206 g/mol. The zero-order valence-electron chi connectivity index (χ0n) is 6.01. The average Bonchev–Trinajstić information content (AvgIpc) is 2.32. The predicted octanol–water partition coefficient (Wildman–Crippen LogP) is 1.11. The fourth-order valence-electron chi connectivity index (χ4n) is 0.702. The summed E-state index contributed by atoms with van der Waals surface area (Å²) in [4.78, 5) is 28.4. The third-order valence-corrected chi connectivity index (χ3v) is 2.76. The van der Waals surface area contributed by atoms with E-state index in [1.807, 2.05) is 0 Å². The molecular weight excluding hydrogens is 199 g/mol. The lowest BCUT2D eigenvalue weighted by atomic mass is 10.4. The molecule has 4 nitrogen and oxygen atoms in total. The summed E-state index contributed by atoms with van der Waals surface area (Å²) < 4.78 is 10.4. The van der Waals surface area contributed by atoms with Crippen LogP contribution in [0, 0.1) is 0 Å². The Balaban J connectivity index is 2.69. The first-order valence-electron chi connectivity index (χ1n) is 3.10. The van der Waals surface area contributed by atoms with E-state index in [4.69, 9.17) is 9.79 Å². The summed E-state index contributed by atoms with van der Waals surface area (Å²) in [6.45, 7) is 0. The van der Waals surface area contributed by atoms with Crippen molar-refractivity contribution in [3.8, 4) is 0 Å². The number of hydrogen-bond acceptors (Lipinski definition) is 3. The highest BCUT2D eigenvalue weighted by Crippen LogP contribution is 2.35. The molecular formula is C6H7O4PS. The molecule has 2 N–H and O–H groups in total. The Morgan fingerprint density at radius 1 is 1.58 bits per heavy atom. The first-order chi connectivity index (χ1) is 5.49. The molecule has 0 saturated carbocycles. The fraction of sp³-hybridized carbons (Fsp3) is 0.167. The van der Waals surface area contributed by atoms with Gasteiger partial charge in [-0.05, 0) is 11.4 Å². The van der Waals surface area contributed by atoms with Crippen LogP contribution in [0.2, 0.25) is 0 Å². The molecule has 0 saturated heterocycles.